The summed E-state index contributed by atoms with van der Waals surface area (Å²) in [5.74, 6) is 0.340. The molecule has 2 saturated heterocycles. The van der Waals surface area contributed by atoms with Crippen LogP contribution in [-0.2, 0) is 21.5 Å². The molecule has 0 aromatic carbocycles. The van der Waals surface area contributed by atoms with Gasteiger partial charge in [-0.1, -0.05) is 0 Å². The molecule has 38 heavy (non-hydrogen) atoms. The van der Waals surface area contributed by atoms with E-state index < -0.39 is 24.6 Å². The molecule has 0 bridgehead atoms. The van der Waals surface area contributed by atoms with Gasteiger partial charge in [-0.05, 0) is 59.2 Å². The van der Waals surface area contributed by atoms with Crippen LogP contribution in [0.5, 0.6) is 0 Å². The number of hydrogen-bond acceptors (Lipinski definition) is 8. The van der Waals surface area contributed by atoms with Crippen LogP contribution in [-0.4, -0.2) is 76.8 Å². The summed E-state index contributed by atoms with van der Waals surface area (Å²) in [6, 6.07) is 1.88. The summed E-state index contributed by atoms with van der Waals surface area (Å²) in [5.41, 5.74) is -0.563. The van der Waals surface area contributed by atoms with Gasteiger partial charge in [-0.25, -0.2) is 15.0 Å². The average Bonchev–Trinajstić information content (AvgIpc) is 3.38. The first-order chi connectivity index (χ1) is 19.0. The van der Waals surface area contributed by atoms with Crippen molar-refractivity contribution in [3.63, 3.8) is 0 Å². The third-order valence-electron chi connectivity index (χ3n) is 7.45. The Kier molecular flexibility index (Phi) is 5.82. The van der Waals surface area contributed by atoms with Gasteiger partial charge in [-0.2, -0.15) is 13.2 Å². The van der Waals surface area contributed by atoms with Crippen molar-refractivity contribution in [2.75, 3.05) is 41.7 Å². The van der Waals surface area contributed by atoms with Gasteiger partial charge in [0.25, 0.3) is 0 Å². The van der Waals surface area contributed by atoms with Crippen molar-refractivity contribution in [2.45, 2.75) is 76.9 Å². The first-order valence-electron chi connectivity index (χ1n) is 14.3. The number of carbonyl (C=O) groups excluding carboxylic acids is 1. The highest BCUT2D eigenvalue weighted by Gasteiger charge is 2.49. The molecule has 1 amide bonds. The Labute approximate surface area is 224 Å². The molecule has 12 heteroatoms. The Hall–Kier alpha value is -2.99. The van der Waals surface area contributed by atoms with E-state index >= 15 is 0 Å². The maximum Gasteiger partial charge on any atom is 0.404 e. The zero-order valence-corrected chi connectivity index (χ0v) is 21.8. The predicted molar refractivity (Wildman–Crippen MR) is 138 cm³/mol. The minimum Gasteiger partial charge on any atom is -0.373 e. The number of anilines is 4. The lowest BCUT2D eigenvalue weighted by molar-refractivity contribution is -0.177. The highest BCUT2D eigenvalue weighted by molar-refractivity contribution is 6.12. The van der Waals surface area contributed by atoms with Gasteiger partial charge in [-0.15, -0.1) is 0 Å². The Morgan fingerprint density at radius 3 is 2.58 bits per heavy atom. The summed E-state index contributed by atoms with van der Waals surface area (Å²) >= 11 is 0. The second-order valence-corrected chi connectivity index (χ2v) is 10.8. The summed E-state index contributed by atoms with van der Waals surface area (Å²) in [6.45, 7) is 5.85. The van der Waals surface area contributed by atoms with Crippen LogP contribution in [0.4, 0.5) is 36.3 Å². The van der Waals surface area contributed by atoms with E-state index in [0.717, 1.165) is 0 Å². The standard InChI is InChI=1S/C26H34F3N7O2/c1-15-12-35(13-16(2)38-15)20-9-8-17(11-31-20)36-23-21(25(3,4)24(36)37)22(30-5)32-19(33-23)14-34-10-6-7-18(34)26(27,28)29/h8-9,11,15-16,18H,6-7,10,12-14H2,1-5H3,(H,30,32,33)/t15-,16+,18-/m1/s1/i5D3. The molecule has 3 aliphatic rings. The topological polar surface area (TPSA) is 86.7 Å². The summed E-state index contributed by atoms with van der Waals surface area (Å²) < 4.78 is 70.0. The molecule has 2 aromatic rings. The molecular weight excluding hydrogens is 499 g/mol. The normalized spacial score (nSPS) is 27.2. The van der Waals surface area contributed by atoms with Gasteiger partial charge < -0.3 is 15.0 Å². The lowest BCUT2D eigenvalue weighted by atomic mass is 9.87. The summed E-state index contributed by atoms with van der Waals surface area (Å²) in [4.78, 5) is 32.0. The van der Waals surface area contributed by atoms with Crippen LogP contribution in [0.2, 0.25) is 0 Å². The number of rotatable bonds is 5. The molecule has 9 nitrogen and oxygen atoms in total. The van der Waals surface area contributed by atoms with Crippen LogP contribution < -0.4 is 15.1 Å². The third kappa shape index (κ3) is 4.68. The van der Waals surface area contributed by atoms with Crippen LogP contribution in [0.25, 0.3) is 0 Å². The number of pyridine rings is 1. The van der Waals surface area contributed by atoms with E-state index in [2.05, 4.69) is 25.2 Å². The summed E-state index contributed by atoms with van der Waals surface area (Å²) in [5, 5.41) is 2.39. The molecule has 5 heterocycles. The van der Waals surface area contributed by atoms with Gasteiger partial charge in [0, 0.05) is 24.2 Å². The number of ether oxygens (including phenoxy) is 1. The number of hydrogen-bond donors (Lipinski definition) is 1. The predicted octanol–water partition coefficient (Wildman–Crippen LogP) is 4.01. The Balaban J connectivity index is 1.54. The van der Waals surface area contributed by atoms with Crippen molar-refractivity contribution in [2.24, 2.45) is 0 Å². The summed E-state index contributed by atoms with van der Waals surface area (Å²) in [7, 11) is 0. The molecule has 0 radical (unpaired) electrons. The van der Waals surface area contributed by atoms with Crippen LogP contribution in [0.3, 0.4) is 0 Å². The molecule has 0 saturated carbocycles. The van der Waals surface area contributed by atoms with E-state index in [-0.39, 0.29) is 60.6 Å². The van der Waals surface area contributed by atoms with Crippen LogP contribution in [0.1, 0.15) is 56.0 Å². The van der Waals surface area contributed by atoms with Crippen LogP contribution >= 0.6 is 0 Å². The largest absolute Gasteiger partial charge is 0.404 e. The van der Waals surface area contributed by atoms with Crippen molar-refractivity contribution in [1.29, 1.82) is 0 Å². The number of likely N-dealkylation sites (tertiary alicyclic amines) is 1. The number of alkyl halides is 3. The smallest absolute Gasteiger partial charge is 0.373 e. The number of halogens is 3. The molecule has 3 aliphatic heterocycles. The average molecular weight is 537 g/mol. The van der Waals surface area contributed by atoms with Gasteiger partial charge in [0.1, 0.15) is 29.3 Å². The Morgan fingerprint density at radius 1 is 1.21 bits per heavy atom. The lowest BCUT2D eigenvalue weighted by Crippen LogP contribution is -2.45. The molecule has 3 atom stereocenters. The van der Waals surface area contributed by atoms with Crippen molar-refractivity contribution in [3.05, 3.63) is 29.7 Å². The fourth-order valence-corrected chi connectivity index (χ4v) is 5.74. The maximum absolute atomic E-state index is 13.8. The second kappa shape index (κ2) is 9.64. The lowest BCUT2D eigenvalue weighted by Gasteiger charge is -2.36. The Bertz CT molecular complexity index is 1300. The highest BCUT2D eigenvalue weighted by atomic mass is 19.4. The number of fused-ring (bicyclic) bond motifs is 1. The molecule has 5 rings (SSSR count). The van der Waals surface area contributed by atoms with Crippen molar-refractivity contribution >= 4 is 29.0 Å². The van der Waals surface area contributed by atoms with Crippen molar-refractivity contribution < 1.29 is 26.8 Å². The first kappa shape index (κ1) is 22.9. The molecule has 2 fully saturated rings. The minimum atomic E-state index is -4.42. The van der Waals surface area contributed by atoms with Gasteiger partial charge in [0.15, 0.2) is 0 Å². The fraction of sp³-hybridized carbons (Fsp3) is 0.615. The fourth-order valence-electron chi connectivity index (χ4n) is 5.74. The molecule has 0 aliphatic carbocycles. The number of nitrogens with zero attached hydrogens (tertiary/aromatic N) is 6. The first-order valence-corrected chi connectivity index (χ1v) is 12.8. The highest BCUT2D eigenvalue weighted by Crippen LogP contribution is 2.47. The molecule has 0 unspecified atom stereocenters. The quantitative estimate of drug-likeness (QED) is 0.614. The van der Waals surface area contributed by atoms with E-state index in [9.17, 15) is 18.0 Å². The molecule has 1 N–H and O–H groups in total. The monoisotopic (exact) mass is 536 g/mol. The molecule has 206 valence electrons. The zero-order valence-electron chi connectivity index (χ0n) is 24.8. The number of aromatic nitrogens is 3. The van der Waals surface area contributed by atoms with Gasteiger partial charge in [-0.3, -0.25) is 14.6 Å². The summed E-state index contributed by atoms with van der Waals surface area (Å²) in [6.07, 6.45) is -2.49. The molecular formula is C26H34F3N7O2. The SMILES string of the molecule is [2H]C([2H])([2H])Nc1nc(CN2CCC[C@@H]2C(F)(F)F)nc2c1C(C)(C)C(=O)N2c1ccc(N2C[C@@H](C)O[C@@H](C)C2)nc1. The molecule has 0 spiro atoms. The second-order valence-electron chi connectivity index (χ2n) is 10.8. The van der Waals surface area contributed by atoms with E-state index in [0.29, 0.717) is 31.0 Å². The number of morpholine rings is 1. The van der Waals surface area contributed by atoms with Gasteiger partial charge >= 0.3 is 6.18 Å². The minimum absolute atomic E-state index is 0.0111. The molecule has 2 aromatic heterocycles. The Morgan fingerprint density at radius 2 is 1.95 bits per heavy atom. The van der Waals surface area contributed by atoms with Crippen molar-refractivity contribution in [3.8, 4) is 0 Å². The number of carbonyl (C=O) groups is 1. The van der Waals surface area contributed by atoms with E-state index in [1.807, 2.05) is 13.8 Å². The van der Waals surface area contributed by atoms with Crippen LogP contribution in [0.15, 0.2) is 18.3 Å². The van der Waals surface area contributed by atoms with E-state index in [4.69, 9.17) is 8.85 Å². The van der Waals surface area contributed by atoms with E-state index in [1.54, 1.807) is 32.2 Å². The van der Waals surface area contributed by atoms with Gasteiger partial charge in [0.05, 0.1) is 41.6 Å². The third-order valence-corrected chi connectivity index (χ3v) is 7.45. The van der Waals surface area contributed by atoms with Crippen LogP contribution in [0, 0.1) is 0 Å². The van der Waals surface area contributed by atoms with Gasteiger partial charge in [0.2, 0.25) is 5.91 Å². The zero-order chi connectivity index (χ0) is 29.9. The van der Waals surface area contributed by atoms with Crippen molar-refractivity contribution in [1.82, 2.24) is 19.9 Å². The number of amides is 1. The number of nitrogens with one attached hydrogen (secondary N) is 1. The van der Waals surface area contributed by atoms with E-state index in [1.165, 1.54) is 9.80 Å². The maximum atomic E-state index is 13.8.